The standard InChI is InChI=1S/C21H21N3O4/c1-3-21(15-9-5-4-6-10-15)19(27)24(20(28)23-21)13-18(26)22-17-12-8-7-11-16(17)14(2)25/h4-12H,3,13H2,1-2H3,(H,22,26)(H,23,28)/t21-/m1/s1. The summed E-state index contributed by atoms with van der Waals surface area (Å²) in [5, 5.41) is 5.35. The summed E-state index contributed by atoms with van der Waals surface area (Å²) in [5.41, 5.74) is 0.188. The first-order valence-corrected chi connectivity index (χ1v) is 8.98. The predicted molar refractivity (Wildman–Crippen MR) is 104 cm³/mol. The number of nitrogens with zero attached hydrogens (tertiary/aromatic N) is 1. The minimum atomic E-state index is -1.18. The van der Waals surface area contributed by atoms with Crippen LogP contribution in [-0.2, 0) is 15.1 Å². The number of carbonyl (C=O) groups excluding carboxylic acids is 4. The van der Waals surface area contributed by atoms with Gasteiger partial charge in [0.25, 0.3) is 5.91 Å². The number of para-hydroxylation sites is 1. The molecule has 1 heterocycles. The minimum Gasteiger partial charge on any atom is -0.324 e. The molecule has 1 fully saturated rings. The van der Waals surface area contributed by atoms with Gasteiger partial charge in [-0.15, -0.1) is 0 Å². The molecule has 1 aliphatic heterocycles. The third-order valence-corrected chi connectivity index (χ3v) is 4.85. The number of urea groups is 1. The number of nitrogens with one attached hydrogen (secondary N) is 2. The summed E-state index contributed by atoms with van der Waals surface area (Å²) >= 11 is 0. The Morgan fingerprint density at radius 1 is 1.04 bits per heavy atom. The van der Waals surface area contributed by atoms with Gasteiger partial charge >= 0.3 is 6.03 Å². The van der Waals surface area contributed by atoms with Crippen LogP contribution in [0.25, 0.3) is 0 Å². The second-order valence-corrected chi connectivity index (χ2v) is 6.60. The fourth-order valence-electron chi connectivity index (χ4n) is 3.36. The number of ketones is 1. The van der Waals surface area contributed by atoms with Gasteiger partial charge in [0, 0.05) is 5.56 Å². The molecule has 0 radical (unpaired) electrons. The van der Waals surface area contributed by atoms with E-state index in [-0.39, 0.29) is 5.78 Å². The molecule has 7 nitrogen and oxygen atoms in total. The van der Waals surface area contributed by atoms with Crippen LogP contribution in [0.4, 0.5) is 10.5 Å². The van der Waals surface area contributed by atoms with Crippen molar-refractivity contribution >= 4 is 29.3 Å². The van der Waals surface area contributed by atoms with E-state index in [1.807, 2.05) is 6.07 Å². The van der Waals surface area contributed by atoms with Gasteiger partial charge in [0.15, 0.2) is 5.78 Å². The van der Waals surface area contributed by atoms with E-state index in [0.717, 1.165) is 4.90 Å². The fourth-order valence-corrected chi connectivity index (χ4v) is 3.36. The highest BCUT2D eigenvalue weighted by Crippen LogP contribution is 2.32. The molecule has 1 saturated heterocycles. The largest absolute Gasteiger partial charge is 0.325 e. The Morgan fingerprint density at radius 2 is 1.68 bits per heavy atom. The molecule has 0 aliphatic carbocycles. The number of anilines is 1. The Bertz CT molecular complexity index is 942. The molecule has 1 atom stereocenters. The minimum absolute atomic E-state index is 0.194. The van der Waals surface area contributed by atoms with Crippen LogP contribution in [0, 0.1) is 0 Å². The van der Waals surface area contributed by atoms with Crippen LogP contribution < -0.4 is 10.6 Å². The first kappa shape index (κ1) is 19.3. The molecule has 0 aromatic heterocycles. The SMILES string of the molecule is CC[C@]1(c2ccccc2)NC(=O)N(CC(=O)Nc2ccccc2C(C)=O)C1=O. The number of benzene rings is 2. The van der Waals surface area contributed by atoms with Crippen molar-refractivity contribution in [2.24, 2.45) is 0 Å². The van der Waals surface area contributed by atoms with Crippen molar-refractivity contribution in [1.29, 1.82) is 0 Å². The highest BCUT2D eigenvalue weighted by atomic mass is 16.2. The first-order valence-electron chi connectivity index (χ1n) is 8.98. The average molecular weight is 379 g/mol. The lowest BCUT2D eigenvalue weighted by Crippen LogP contribution is -2.44. The Labute approximate surface area is 162 Å². The van der Waals surface area contributed by atoms with E-state index in [4.69, 9.17) is 0 Å². The Hall–Kier alpha value is -3.48. The molecule has 0 bridgehead atoms. The van der Waals surface area contributed by atoms with Crippen molar-refractivity contribution in [2.45, 2.75) is 25.8 Å². The molecule has 4 amide bonds. The zero-order valence-corrected chi connectivity index (χ0v) is 15.7. The molecule has 1 aliphatic rings. The zero-order valence-electron chi connectivity index (χ0n) is 15.7. The van der Waals surface area contributed by atoms with E-state index < -0.39 is 29.9 Å². The van der Waals surface area contributed by atoms with Gasteiger partial charge in [-0.05, 0) is 31.0 Å². The molecule has 28 heavy (non-hydrogen) atoms. The molecule has 144 valence electrons. The summed E-state index contributed by atoms with van der Waals surface area (Å²) in [6, 6.07) is 14.9. The van der Waals surface area contributed by atoms with Crippen molar-refractivity contribution in [3.8, 4) is 0 Å². The molecule has 3 rings (SSSR count). The van der Waals surface area contributed by atoms with Crippen LogP contribution in [0.15, 0.2) is 54.6 Å². The molecule has 2 aromatic rings. The lowest BCUT2D eigenvalue weighted by Gasteiger charge is -2.25. The predicted octanol–water partition coefficient (Wildman–Crippen LogP) is 2.69. The summed E-state index contributed by atoms with van der Waals surface area (Å²) < 4.78 is 0. The Kier molecular flexibility index (Phi) is 5.26. The van der Waals surface area contributed by atoms with Crippen molar-refractivity contribution in [3.63, 3.8) is 0 Å². The molecule has 0 saturated carbocycles. The molecule has 0 spiro atoms. The van der Waals surface area contributed by atoms with Crippen molar-refractivity contribution in [1.82, 2.24) is 10.2 Å². The van der Waals surface area contributed by atoms with Crippen LogP contribution in [0.1, 0.15) is 36.2 Å². The number of hydrogen-bond donors (Lipinski definition) is 2. The third-order valence-electron chi connectivity index (χ3n) is 4.85. The Balaban J connectivity index is 1.80. The normalized spacial score (nSPS) is 18.7. The molecular weight excluding hydrogens is 358 g/mol. The van der Waals surface area contributed by atoms with Gasteiger partial charge in [-0.3, -0.25) is 19.3 Å². The highest BCUT2D eigenvalue weighted by molar-refractivity contribution is 6.11. The highest BCUT2D eigenvalue weighted by Gasteiger charge is 2.51. The average Bonchev–Trinajstić information content (AvgIpc) is 2.94. The van der Waals surface area contributed by atoms with Gasteiger partial charge in [-0.1, -0.05) is 49.4 Å². The number of hydrogen-bond acceptors (Lipinski definition) is 4. The van der Waals surface area contributed by atoms with Gasteiger partial charge < -0.3 is 10.6 Å². The van der Waals surface area contributed by atoms with Crippen molar-refractivity contribution in [2.75, 3.05) is 11.9 Å². The second kappa shape index (κ2) is 7.64. The number of imide groups is 1. The van der Waals surface area contributed by atoms with Crippen LogP contribution in [0.2, 0.25) is 0 Å². The number of Topliss-reactive ketones (excluding diaryl/α,β-unsaturated/α-hetero) is 1. The smallest absolute Gasteiger partial charge is 0.324 e. The summed E-state index contributed by atoms with van der Waals surface area (Å²) in [4.78, 5) is 50.6. The molecule has 2 aromatic carbocycles. The summed E-state index contributed by atoms with van der Waals surface area (Å²) in [6.07, 6.45) is 0.354. The summed E-state index contributed by atoms with van der Waals surface area (Å²) in [5.74, 6) is -1.22. The Morgan fingerprint density at radius 3 is 2.32 bits per heavy atom. The summed E-state index contributed by atoms with van der Waals surface area (Å²) in [7, 11) is 0. The maximum absolute atomic E-state index is 13.0. The van der Waals surface area contributed by atoms with E-state index in [0.29, 0.717) is 23.2 Å². The van der Waals surface area contributed by atoms with Crippen LogP contribution in [0.3, 0.4) is 0 Å². The van der Waals surface area contributed by atoms with E-state index in [2.05, 4.69) is 10.6 Å². The number of amides is 4. The lowest BCUT2D eigenvalue weighted by molar-refractivity contribution is -0.134. The molecular formula is C21H21N3O4. The van der Waals surface area contributed by atoms with Gasteiger partial charge in [-0.25, -0.2) is 4.79 Å². The van der Waals surface area contributed by atoms with E-state index in [1.54, 1.807) is 55.5 Å². The lowest BCUT2D eigenvalue weighted by atomic mass is 9.87. The van der Waals surface area contributed by atoms with Gasteiger partial charge in [0.05, 0.1) is 5.69 Å². The van der Waals surface area contributed by atoms with Crippen molar-refractivity contribution in [3.05, 3.63) is 65.7 Å². The van der Waals surface area contributed by atoms with E-state index in [1.165, 1.54) is 6.92 Å². The zero-order chi connectivity index (χ0) is 20.3. The number of rotatable bonds is 6. The van der Waals surface area contributed by atoms with E-state index in [9.17, 15) is 19.2 Å². The van der Waals surface area contributed by atoms with Gasteiger partial charge in [0.1, 0.15) is 12.1 Å². The topological polar surface area (TPSA) is 95.6 Å². The summed E-state index contributed by atoms with van der Waals surface area (Å²) in [6.45, 7) is 2.77. The molecule has 2 N–H and O–H groups in total. The van der Waals surface area contributed by atoms with Crippen LogP contribution in [-0.4, -0.2) is 35.1 Å². The molecule has 0 unspecified atom stereocenters. The van der Waals surface area contributed by atoms with Crippen LogP contribution in [0.5, 0.6) is 0 Å². The maximum Gasteiger partial charge on any atom is 0.325 e. The monoisotopic (exact) mass is 379 g/mol. The fraction of sp³-hybridized carbons (Fsp3) is 0.238. The maximum atomic E-state index is 13.0. The number of carbonyl (C=O) groups is 4. The first-order chi connectivity index (χ1) is 13.4. The van der Waals surface area contributed by atoms with E-state index >= 15 is 0 Å². The third kappa shape index (κ3) is 3.38. The van der Waals surface area contributed by atoms with Gasteiger partial charge in [0.2, 0.25) is 5.91 Å². The van der Waals surface area contributed by atoms with Crippen molar-refractivity contribution < 1.29 is 19.2 Å². The second-order valence-electron chi connectivity index (χ2n) is 6.60. The van der Waals surface area contributed by atoms with Crippen LogP contribution >= 0.6 is 0 Å². The molecule has 7 heteroatoms. The quantitative estimate of drug-likeness (QED) is 0.596. The van der Waals surface area contributed by atoms with Gasteiger partial charge in [-0.2, -0.15) is 0 Å².